The maximum absolute atomic E-state index is 6.06. The molecule has 106 valence electrons. The van der Waals surface area contributed by atoms with Crippen LogP contribution in [-0.2, 0) is 0 Å². The monoisotopic (exact) mass is 293 g/mol. The summed E-state index contributed by atoms with van der Waals surface area (Å²) in [6.45, 7) is 2.92. The number of nitrogens with one attached hydrogen (secondary N) is 2. The molecule has 0 saturated heterocycles. The fourth-order valence-corrected chi connectivity index (χ4v) is 1.83. The second-order valence-corrected chi connectivity index (χ2v) is 4.47. The number of halogens is 1. The highest BCUT2D eigenvalue weighted by molar-refractivity contribution is 6.32. The van der Waals surface area contributed by atoms with Gasteiger partial charge in [0.25, 0.3) is 0 Å². The molecule has 1 aromatic carbocycles. The highest BCUT2D eigenvalue weighted by Crippen LogP contribution is 2.28. The maximum atomic E-state index is 6.06. The van der Waals surface area contributed by atoms with Crippen LogP contribution >= 0.6 is 11.6 Å². The molecular formula is C13H16ClN5O. The summed E-state index contributed by atoms with van der Waals surface area (Å²) in [4.78, 5) is 4.31. The van der Waals surface area contributed by atoms with Crippen molar-refractivity contribution < 1.29 is 4.74 Å². The molecule has 20 heavy (non-hydrogen) atoms. The molecular weight excluding hydrogens is 278 g/mol. The molecule has 1 aromatic heterocycles. The van der Waals surface area contributed by atoms with Crippen molar-refractivity contribution in [3.63, 3.8) is 0 Å². The van der Waals surface area contributed by atoms with E-state index in [1.165, 1.54) is 0 Å². The third kappa shape index (κ3) is 3.71. The minimum Gasteiger partial charge on any atom is -0.495 e. The number of methoxy groups -OCH3 is 1. The second kappa shape index (κ2) is 6.91. The van der Waals surface area contributed by atoms with Crippen LogP contribution < -0.4 is 15.4 Å². The van der Waals surface area contributed by atoms with Crippen molar-refractivity contribution in [2.75, 3.05) is 24.3 Å². The molecule has 1 heterocycles. The minimum absolute atomic E-state index is 0.410. The molecule has 0 amide bonds. The van der Waals surface area contributed by atoms with Crippen LogP contribution in [0.4, 0.5) is 17.5 Å². The van der Waals surface area contributed by atoms with Gasteiger partial charge >= 0.3 is 0 Å². The van der Waals surface area contributed by atoms with Gasteiger partial charge in [-0.05, 0) is 24.6 Å². The predicted octanol–water partition coefficient (Wildman–Crippen LogP) is 3.10. The molecule has 2 N–H and O–H groups in total. The lowest BCUT2D eigenvalue weighted by molar-refractivity contribution is 0.415. The molecule has 0 spiro atoms. The van der Waals surface area contributed by atoms with Crippen molar-refractivity contribution in [2.45, 2.75) is 13.3 Å². The van der Waals surface area contributed by atoms with E-state index in [-0.39, 0.29) is 0 Å². The average molecular weight is 294 g/mol. The highest BCUT2D eigenvalue weighted by atomic mass is 35.5. The zero-order valence-corrected chi connectivity index (χ0v) is 12.1. The largest absolute Gasteiger partial charge is 0.495 e. The van der Waals surface area contributed by atoms with Gasteiger partial charge in [0, 0.05) is 12.2 Å². The Bertz CT molecular complexity index is 578. The standard InChI is InChI=1S/C13H16ClN5O/c1-3-6-15-12-8-16-19-13(18-12)17-9-4-5-11(20-2)10(14)7-9/h4-5,7-8H,3,6H2,1-2H3,(H2,15,17,18,19). The van der Waals surface area contributed by atoms with Crippen LogP contribution in [0.25, 0.3) is 0 Å². The second-order valence-electron chi connectivity index (χ2n) is 4.07. The third-order valence-corrected chi connectivity index (χ3v) is 2.82. The van der Waals surface area contributed by atoms with Crippen molar-refractivity contribution in [1.82, 2.24) is 15.2 Å². The lowest BCUT2D eigenvalue weighted by atomic mass is 10.3. The van der Waals surface area contributed by atoms with Crippen LogP contribution in [0, 0.1) is 0 Å². The van der Waals surface area contributed by atoms with E-state index in [1.54, 1.807) is 25.4 Å². The minimum atomic E-state index is 0.410. The summed E-state index contributed by atoms with van der Waals surface area (Å²) >= 11 is 6.06. The van der Waals surface area contributed by atoms with Crippen LogP contribution in [0.1, 0.15) is 13.3 Å². The smallest absolute Gasteiger partial charge is 0.249 e. The average Bonchev–Trinajstić information content (AvgIpc) is 2.46. The first-order valence-corrected chi connectivity index (χ1v) is 6.65. The first-order chi connectivity index (χ1) is 9.72. The van der Waals surface area contributed by atoms with Crippen LogP contribution in [-0.4, -0.2) is 28.8 Å². The summed E-state index contributed by atoms with van der Waals surface area (Å²) in [5.74, 6) is 1.71. The highest BCUT2D eigenvalue weighted by Gasteiger charge is 2.04. The molecule has 2 rings (SSSR count). The fraction of sp³-hybridized carbons (Fsp3) is 0.308. The van der Waals surface area contributed by atoms with Crippen LogP contribution in [0.2, 0.25) is 5.02 Å². The van der Waals surface area contributed by atoms with E-state index in [1.807, 2.05) is 6.07 Å². The summed E-state index contributed by atoms with van der Waals surface area (Å²) in [5, 5.41) is 14.5. The van der Waals surface area contributed by atoms with Gasteiger partial charge < -0.3 is 15.4 Å². The normalized spacial score (nSPS) is 10.2. The Hall–Kier alpha value is -2.08. The Labute approximate surface area is 122 Å². The molecule has 0 radical (unpaired) electrons. The Kier molecular flexibility index (Phi) is 4.95. The summed E-state index contributed by atoms with van der Waals surface area (Å²) in [6, 6.07) is 5.35. The molecule has 0 bridgehead atoms. The summed E-state index contributed by atoms with van der Waals surface area (Å²) in [6.07, 6.45) is 2.60. The zero-order chi connectivity index (χ0) is 14.4. The molecule has 6 nitrogen and oxygen atoms in total. The van der Waals surface area contributed by atoms with Crippen molar-refractivity contribution in [1.29, 1.82) is 0 Å². The number of rotatable bonds is 6. The third-order valence-electron chi connectivity index (χ3n) is 2.52. The molecule has 0 aliphatic rings. The van der Waals surface area contributed by atoms with Crippen molar-refractivity contribution in [3.05, 3.63) is 29.4 Å². The van der Waals surface area contributed by atoms with Gasteiger partial charge in [-0.15, -0.1) is 5.10 Å². The number of ether oxygens (including phenoxy) is 1. The van der Waals surface area contributed by atoms with Gasteiger partial charge in [0.1, 0.15) is 5.75 Å². The van der Waals surface area contributed by atoms with Gasteiger partial charge in [-0.3, -0.25) is 0 Å². The molecule has 0 fully saturated rings. The molecule has 2 aromatic rings. The molecule has 0 saturated carbocycles. The van der Waals surface area contributed by atoms with Crippen molar-refractivity contribution in [2.24, 2.45) is 0 Å². The van der Waals surface area contributed by atoms with Gasteiger partial charge in [0.05, 0.1) is 18.3 Å². The van der Waals surface area contributed by atoms with Crippen LogP contribution in [0.5, 0.6) is 5.75 Å². The number of anilines is 3. The van der Waals surface area contributed by atoms with E-state index < -0.39 is 0 Å². The van der Waals surface area contributed by atoms with Gasteiger partial charge in [0.15, 0.2) is 5.82 Å². The lowest BCUT2D eigenvalue weighted by Gasteiger charge is -2.08. The first kappa shape index (κ1) is 14.3. The number of benzene rings is 1. The van der Waals surface area contributed by atoms with Gasteiger partial charge in [-0.25, -0.2) is 0 Å². The van der Waals surface area contributed by atoms with Crippen LogP contribution in [0.15, 0.2) is 24.4 Å². The number of nitrogens with zero attached hydrogens (tertiary/aromatic N) is 3. The summed E-state index contributed by atoms with van der Waals surface area (Å²) in [5.41, 5.74) is 0.769. The van der Waals surface area contributed by atoms with Gasteiger partial charge in [-0.2, -0.15) is 10.1 Å². The van der Waals surface area contributed by atoms with E-state index in [9.17, 15) is 0 Å². The Morgan fingerprint density at radius 2 is 2.20 bits per heavy atom. The molecule has 0 aliphatic heterocycles. The van der Waals surface area contributed by atoms with E-state index in [4.69, 9.17) is 16.3 Å². The fourth-order valence-electron chi connectivity index (χ4n) is 1.57. The number of aromatic nitrogens is 3. The maximum Gasteiger partial charge on any atom is 0.249 e. The Morgan fingerprint density at radius 1 is 1.35 bits per heavy atom. The van der Waals surface area contributed by atoms with E-state index in [2.05, 4.69) is 32.7 Å². The number of hydrogen-bond acceptors (Lipinski definition) is 6. The summed E-state index contributed by atoms with van der Waals surface area (Å²) in [7, 11) is 1.57. The Morgan fingerprint density at radius 3 is 2.90 bits per heavy atom. The van der Waals surface area contributed by atoms with E-state index >= 15 is 0 Å². The van der Waals surface area contributed by atoms with E-state index in [0.717, 1.165) is 18.7 Å². The number of hydrogen-bond donors (Lipinski definition) is 2. The van der Waals surface area contributed by atoms with Crippen LogP contribution in [0.3, 0.4) is 0 Å². The lowest BCUT2D eigenvalue weighted by Crippen LogP contribution is -2.06. The quantitative estimate of drug-likeness (QED) is 0.853. The predicted molar refractivity (Wildman–Crippen MR) is 79.9 cm³/mol. The molecule has 0 unspecified atom stereocenters. The molecule has 7 heteroatoms. The van der Waals surface area contributed by atoms with Crippen molar-refractivity contribution >= 4 is 29.1 Å². The molecule has 0 aliphatic carbocycles. The zero-order valence-electron chi connectivity index (χ0n) is 11.4. The van der Waals surface area contributed by atoms with Crippen molar-refractivity contribution in [3.8, 4) is 5.75 Å². The van der Waals surface area contributed by atoms with E-state index in [0.29, 0.717) is 22.5 Å². The topological polar surface area (TPSA) is 72.0 Å². The molecule has 0 atom stereocenters. The Balaban J connectivity index is 2.11. The summed E-state index contributed by atoms with van der Waals surface area (Å²) < 4.78 is 5.10. The first-order valence-electron chi connectivity index (χ1n) is 6.27. The van der Waals surface area contributed by atoms with Gasteiger partial charge in [-0.1, -0.05) is 18.5 Å². The van der Waals surface area contributed by atoms with Gasteiger partial charge in [0.2, 0.25) is 5.95 Å². The SMILES string of the molecule is CCCNc1cnnc(Nc2ccc(OC)c(Cl)c2)n1.